The Balaban J connectivity index is 0.000000804. The molecular formula is C64H45F3O12S2. The molecular weight excluding hydrogens is 1080 g/mol. The molecule has 9 aromatic carbocycles. The maximum Gasteiger partial charge on any atom is 0.513 e. The fourth-order valence-corrected chi connectivity index (χ4v) is 12.5. The van der Waals surface area contributed by atoms with Crippen LogP contribution in [-0.4, -0.2) is 56.8 Å². The van der Waals surface area contributed by atoms with E-state index in [2.05, 4.69) is 72.8 Å². The van der Waals surface area contributed by atoms with Crippen LogP contribution < -0.4 is 14.2 Å². The number of carbonyl (C=O) groups is 3. The molecule has 3 aliphatic rings. The number of hydrogen-bond donors (Lipinski definition) is 0. The normalized spacial score (nSPS) is 13.0. The summed E-state index contributed by atoms with van der Waals surface area (Å²) < 4.78 is 93.2. The number of ether oxygens (including phenoxy) is 6. The molecule has 0 N–H and O–H groups in total. The Morgan fingerprint density at radius 1 is 0.370 bits per heavy atom. The largest absolute Gasteiger partial charge is 0.741 e. The smallest absolute Gasteiger partial charge is 0.513 e. The molecule has 0 heterocycles. The summed E-state index contributed by atoms with van der Waals surface area (Å²) in [6.07, 6.45) is -2.40. The zero-order valence-electron chi connectivity index (χ0n) is 42.5. The highest BCUT2D eigenvalue weighted by Crippen LogP contribution is 2.47. The molecule has 0 saturated carbocycles. The quantitative estimate of drug-likeness (QED) is 0.0284. The third-order valence-electron chi connectivity index (χ3n) is 14.1. The van der Waals surface area contributed by atoms with E-state index in [1.807, 2.05) is 109 Å². The number of fused-ring (bicyclic) bond motifs is 9. The van der Waals surface area contributed by atoms with Crippen LogP contribution >= 0.6 is 0 Å². The summed E-state index contributed by atoms with van der Waals surface area (Å²) in [5, 5.41) is 0. The molecule has 0 unspecified atom stereocenters. The zero-order chi connectivity index (χ0) is 56.3. The first-order valence-corrected chi connectivity index (χ1v) is 28.0. The summed E-state index contributed by atoms with van der Waals surface area (Å²) in [7, 11) is -6.83. The molecule has 17 heteroatoms. The Morgan fingerprint density at radius 3 is 0.765 bits per heavy atom. The van der Waals surface area contributed by atoms with Gasteiger partial charge < -0.3 is 33.0 Å². The summed E-state index contributed by atoms with van der Waals surface area (Å²) >= 11 is 0. The number of carbonyl (C=O) groups excluding carboxylic acids is 3. The van der Waals surface area contributed by atoms with Crippen molar-refractivity contribution in [2.45, 2.75) is 37.9 Å². The fraction of sp³-hybridized carbons (Fsp3) is 0.109. The van der Waals surface area contributed by atoms with Crippen molar-refractivity contribution < 1.29 is 68.9 Å². The Hall–Kier alpha value is -9.16. The van der Waals surface area contributed by atoms with Gasteiger partial charge in [-0.3, -0.25) is 0 Å². The van der Waals surface area contributed by atoms with Gasteiger partial charge in [0.2, 0.25) is 0 Å². The van der Waals surface area contributed by atoms with E-state index in [-0.39, 0.29) is 37.6 Å². The van der Waals surface area contributed by atoms with Crippen LogP contribution in [0.4, 0.5) is 27.6 Å². The van der Waals surface area contributed by atoms with Crippen molar-refractivity contribution in [1.82, 2.24) is 0 Å². The first-order valence-electron chi connectivity index (χ1n) is 25.3. The van der Waals surface area contributed by atoms with Crippen molar-refractivity contribution in [3.05, 3.63) is 252 Å². The lowest BCUT2D eigenvalue weighted by Gasteiger charge is -2.14. The second-order valence-electron chi connectivity index (χ2n) is 18.8. The van der Waals surface area contributed by atoms with Crippen LogP contribution in [0.25, 0.3) is 33.4 Å². The van der Waals surface area contributed by atoms with E-state index < -0.39 is 45.0 Å². The molecule has 0 fully saturated rings. The highest BCUT2D eigenvalue weighted by Gasteiger charge is 2.37. The monoisotopic (exact) mass is 1130 g/mol. The topological polar surface area (TPSA) is 164 Å². The summed E-state index contributed by atoms with van der Waals surface area (Å²) in [6.45, 7) is 0.406. The maximum absolute atomic E-state index is 13.2. The molecule has 12 rings (SSSR count). The van der Waals surface area contributed by atoms with Crippen LogP contribution in [-0.2, 0) is 35.2 Å². The highest BCUT2D eigenvalue weighted by atomic mass is 32.2. The third kappa shape index (κ3) is 11.5. The van der Waals surface area contributed by atoms with E-state index in [4.69, 9.17) is 41.4 Å². The van der Waals surface area contributed by atoms with Crippen LogP contribution in [0.5, 0.6) is 17.2 Å². The molecule has 0 radical (unpaired) electrons. The number of alkyl halides is 3. The van der Waals surface area contributed by atoms with Crippen LogP contribution in [0.15, 0.2) is 233 Å². The van der Waals surface area contributed by atoms with Gasteiger partial charge in [0.05, 0.1) is 10.9 Å². The van der Waals surface area contributed by atoms with Crippen molar-refractivity contribution in [2.75, 3.05) is 19.8 Å². The predicted octanol–water partition coefficient (Wildman–Crippen LogP) is 14.8. The van der Waals surface area contributed by atoms with Gasteiger partial charge in [0.25, 0.3) is 0 Å². The van der Waals surface area contributed by atoms with Gasteiger partial charge in [-0.2, -0.15) is 13.2 Å². The standard InChI is InChI=1S/C63H45O9S.CHF3O3S/c64-61(67-37-58-52-19-7-1-13-46(52)47-14-2-8-20-53(47)58)70-40-25-31-43(32-26-40)73(44-33-27-41(28-34-44)71-62(65)68-38-59-54-21-9-3-15-48(54)49-16-4-10-22-55(49)59)45-35-29-42(30-36-45)72-63(66)69-39-60-56-23-11-5-17-50(56)51-18-6-12-24-57(51)60;2-1(3,4)8(5,6)7/h1-36,58-60H,37-39H2;(H,5,6,7)/q+1;/p-1. The summed E-state index contributed by atoms with van der Waals surface area (Å²) in [5.41, 5.74) is 7.87. The molecule has 12 nitrogen and oxygen atoms in total. The molecule has 406 valence electrons. The van der Waals surface area contributed by atoms with E-state index in [0.717, 1.165) is 81.4 Å². The van der Waals surface area contributed by atoms with E-state index >= 15 is 0 Å². The van der Waals surface area contributed by atoms with Gasteiger partial charge in [0.1, 0.15) is 37.1 Å². The van der Waals surface area contributed by atoms with Crippen molar-refractivity contribution in [1.29, 1.82) is 0 Å². The summed E-state index contributed by atoms with van der Waals surface area (Å²) in [5.74, 6) is 0.664. The van der Waals surface area contributed by atoms with Gasteiger partial charge in [-0.15, -0.1) is 0 Å². The van der Waals surface area contributed by atoms with Crippen LogP contribution in [0, 0.1) is 0 Å². The highest BCUT2D eigenvalue weighted by molar-refractivity contribution is 7.97. The van der Waals surface area contributed by atoms with Crippen molar-refractivity contribution >= 4 is 39.5 Å². The average molecular weight is 1130 g/mol. The molecule has 0 amide bonds. The summed E-state index contributed by atoms with van der Waals surface area (Å²) in [6, 6.07) is 70.8. The van der Waals surface area contributed by atoms with Gasteiger partial charge in [-0.25, -0.2) is 22.8 Å². The predicted molar refractivity (Wildman–Crippen MR) is 294 cm³/mol. The molecule has 0 aromatic heterocycles. The lowest BCUT2D eigenvalue weighted by molar-refractivity contribution is -0.0518. The Morgan fingerprint density at radius 2 is 0.568 bits per heavy atom. The Bertz CT molecular complexity index is 3420. The number of rotatable bonds is 12. The van der Waals surface area contributed by atoms with Crippen LogP contribution in [0.1, 0.15) is 51.1 Å². The third-order valence-corrected chi connectivity index (χ3v) is 16.9. The second-order valence-corrected chi connectivity index (χ2v) is 22.2. The fourth-order valence-electron chi connectivity index (χ4n) is 10.5. The van der Waals surface area contributed by atoms with E-state index in [0.29, 0.717) is 17.2 Å². The second kappa shape index (κ2) is 22.9. The minimum atomic E-state index is -6.09. The van der Waals surface area contributed by atoms with Gasteiger partial charge in [-0.1, -0.05) is 146 Å². The molecule has 81 heavy (non-hydrogen) atoms. The molecule has 0 aliphatic heterocycles. The lowest BCUT2D eigenvalue weighted by Crippen LogP contribution is -2.21. The van der Waals surface area contributed by atoms with Gasteiger partial charge in [-0.05, 0) is 140 Å². The zero-order valence-corrected chi connectivity index (χ0v) is 44.1. The summed E-state index contributed by atoms with van der Waals surface area (Å²) in [4.78, 5) is 42.2. The van der Waals surface area contributed by atoms with Gasteiger partial charge in [0.15, 0.2) is 24.8 Å². The average Bonchev–Trinajstić information content (AvgIpc) is 4.16. The van der Waals surface area contributed by atoms with Crippen LogP contribution in [0.2, 0.25) is 0 Å². The minimum absolute atomic E-state index is 0.101. The maximum atomic E-state index is 13.2. The van der Waals surface area contributed by atoms with E-state index in [1.54, 1.807) is 36.4 Å². The van der Waals surface area contributed by atoms with E-state index in [1.165, 1.54) is 0 Å². The first kappa shape index (κ1) is 53.8. The Labute approximate surface area is 466 Å². The number of halogens is 3. The molecule has 0 saturated heterocycles. The van der Waals surface area contributed by atoms with Gasteiger partial charge >= 0.3 is 24.0 Å². The molecule has 0 bridgehead atoms. The molecule has 0 atom stereocenters. The van der Waals surface area contributed by atoms with Crippen molar-refractivity contribution in [3.63, 3.8) is 0 Å². The van der Waals surface area contributed by atoms with Crippen molar-refractivity contribution in [3.8, 4) is 50.6 Å². The lowest BCUT2D eigenvalue weighted by atomic mass is 9.98. The molecule has 0 spiro atoms. The van der Waals surface area contributed by atoms with Crippen LogP contribution in [0.3, 0.4) is 0 Å². The van der Waals surface area contributed by atoms with Gasteiger partial charge in [0, 0.05) is 17.8 Å². The number of hydrogen-bond acceptors (Lipinski definition) is 12. The SMILES string of the molecule is O=C(OCC1c2ccccc2-c2ccccc21)Oc1ccc([S+](c2ccc(OC(=O)OCC3c4ccccc4-c4ccccc43)cc2)c2ccc(OC(=O)OCC3c4ccccc4-c4ccccc43)cc2)cc1.O=S(=O)([O-])C(F)(F)F. The first-order chi connectivity index (χ1) is 39.2. The Kier molecular flexibility index (Phi) is 15.2. The molecule has 9 aromatic rings. The van der Waals surface area contributed by atoms with Crippen molar-refractivity contribution in [2.24, 2.45) is 0 Å². The molecule has 3 aliphatic carbocycles. The number of benzene rings is 9. The minimum Gasteiger partial charge on any atom is -0.741 e. The van der Waals surface area contributed by atoms with E-state index in [9.17, 15) is 27.6 Å².